The molecule has 1 rings (SSSR count). The normalized spacial score (nSPS) is 11.2. The number of carbonyl (C=O) groups is 1. The van der Waals surface area contributed by atoms with Gasteiger partial charge in [-0.15, -0.1) is 0 Å². The number of hydrogen-bond acceptors (Lipinski definition) is 3. The molecule has 0 unspecified atom stereocenters. The van der Waals surface area contributed by atoms with Crippen molar-refractivity contribution >= 4 is 12.0 Å². The Bertz CT molecular complexity index is 398. The van der Waals surface area contributed by atoms with Crippen molar-refractivity contribution in [3.63, 3.8) is 0 Å². The predicted octanol–water partition coefficient (Wildman–Crippen LogP) is 1.75. The summed E-state index contributed by atoms with van der Waals surface area (Å²) in [5.74, 6) is -1.12. The number of hydrogen-bond donors (Lipinski definition) is 3. The van der Waals surface area contributed by atoms with E-state index in [4.69, 9.17) is 15.3 Å². The van der Waals surface area contributed by atoms with Crippen LogP contribution in [0.2, 0.25) is 0 Å². The monoisotopic (exact) mass is 206 g/mol. The van der Waals surface area contributed by atoms with E-state index >= 15 is 0 Å². The standard InChI is InChI=1S/C11H10O4/c12-9-5-8(6-10(13)7-9)3-1-2-4-11(14)15/h1-7,12-13H,(H,14,15)/b3-1-,4-2+. The van der Waals surface area contributed by atoms with E-state index in [1.165, 1.54) is 30.4 Å². The van der Waals surface area contributed by atoms with E-state index in [2.05, 4.69) is 0 Å². The number of carboxylic acid groups (broad SMARTS) is 1. The number of phenolic OH excluding ortho intramolecular Hbond substituents is 2. The van der Waals surface area contributed by atoms with Gasteiger partial charge in [-0.1, -0.05) is 18.2 Å². The van der Waals surface area contributed by atoms with Gasteiger partial charge in [0.25, 0.3) is 0 Å². The van der Waals surface area contributed by atoms with E-state index < -0.39 is 5.97 Å². The lowest BCUT2D eigenvalue weighted by Gasteiger charge is -1.96. The molecule has 78 valence electrons. The van der Waals surface area contributed by atoms with Crippen molar-refractivity contribution in [3.8, 4) is 11.5 Å². The van der Waals surface area contributed by atoms with Crippen LogP contribution < -0.4 is 0 Å². The zero-order valence-electron chi connectivity index (χ0n) is 7.79. The SMILES string of the molecule is O=C(O)/C=C/C=C\c1cc(O)cc(O)c1. The fourth-order valence-corrected chi connectivity index (χ4v) is 1.02. The van der Waals surface area contributed by atoms with Gasteiger partial charge < -0.3 is 15.3 Å². The number of aliphatic carboxylic acids is 1. The molecule has 0 saturated heterocycles. The molecule has 3 N–H and O–H groups in total. The van der Waals surface area contributed by atoms with Crippen LogP contribution in [0.25, 0.3) is 6.08 Å². The van der Waals surface area contributed by atoms with E-state index in [1.807, 2.05) is 0 Å². The molecule has 0 aliphatic carbocycles. The topological polar surface area (TPSA) is 77.8 Å². The summed E-state index contributed by atoms with van der Waals surface area (Å²) < 4.78 is 0. The third-order valence-corrected chi connectivity index (χ3v) is 1.56. The molecular formula is C11H10O4. The van der Waals surface area contributed by atoms with Crippen molar-refractivity contribution in [1.29, 1.82) is 0 Å². The minimum atomic E-state index is -1.03. The van der Waals surface area contributed by atoms with Gasteiger partial charge in [-0.25, -0.2) is 4.79 Å². The van der Waals surface area contributed by atoms with E-state index in [-0.39, 0.29) is 11.5 Å². The van der Waals surface area contributed by atoms with Crippen LogP contribution in [0.5, 0.6) is 11.5 Å². The summed E-state index contributed by atoms with van der Waals surface area (Å²) in [5, 5.41) is 26.6. The number of carboxylic acids is 1. The summed E-state index contributed by atoms with van der Waals surface area (Å²) in [6.07, 6.45) is 5.41. The van der Waals surface area contributed by atoms with Crippen molar-refractivity contribution in [3.05, 3.63) is 42.0 Å². The number of rotatable bonds is 3. The molecule has 0 amide bonds. The third-order valence-electron chi connectivity index (χ3n) is 1.56. The highest BCUT2D eigenvalue weighted by atomic mass is 16.4. The van der Waals surface area contributed by atoms with E-state index in [0.29, 0.717) is 5.56 Å². The maximum absolute atomic E-state index is 10.1. The van der Waals surface area contributed by atoms with Gasteiger partial charge >= 0.3 is 5.97 Å². The maximum atomic E-state index is 10.1. The highest BCUT2D eigenvalue weighted by Gasteiger charge is 1.94. The molecule has 0 radical (unpaired) electrons. The molecule has 0 heterocycles. The van der Waals surface area contributed by atoms with Gasteiger partial charge in [-0.2, -0.15) is 0 Å². The van der Waals surface area contributed by atoms with Gasteiger partial charge in [-0.05, 0) is 17.7 Å². The molecule has 0 aliphatic rings. The number of aromatic hydroxyl groups is 2. The molecule has 4 heteroatoms. The average Bonchev–Trinajstić information content (AvgIpc) is 2.10. The smallest absolute Gasteiger partial charge is 0.328 e. The molecule has 1 aromatic carbocycles. The van der Waals surface area contributed by atoms with Crippen LogP contribution in [0.4, 0.5) is 0 Å². The molecular weight excluding hydrogens is 196 g/mol. The highest BCUT2D eigenvalue weighted by molar-refractivity contribution is 5.80. The fourth-order valence-electron chi connectivity index (χ4n) is 1.02. The van der Waals surface area contributed by atoms with Crippen LogP contribution in [0.15, 0.2) is 36.4 Å². The molecule has 0 spiro atoms. The molecule has 4 nitrogen and oxygen atoms in total. The summed E-state index contributed by atoms with van der Waals surface area (Å²) in [4.78, 5) is 10.1. The van der Waals surface area contributed by atoms with Crippen LogP contribution in [0, 0.1) is 0 Å². The van der Waals surface area contributed by atoms with Crippen LogP contribution >= 0.6 is 0 Å². The van der Waals surface area contributed by atoms with E-state index in [9.17, 15) is 4.79 Å². The fraction of sp³-hybridized carbons (Fsp3) is 0. The summed E-state index contributed by atoms with van der Waals surface area (Å²) in [7, 11) is 0. The van der Waals surface area contributed by atoms with Gasteiger partial charge in [0.15, 0.2) is 0 Å². The van der Waals surface area contributed by atoms with Crippen LogP contribution in [-0.2, 0) is 4.79 Å². The second kappa shape index (κ2) is 4.85. The first-order chi connectivity index (χ1) is 7.08. The third kappa shape index (κ3) is 3.99. The lowest BCUT2D eigenvalue weighted by Crippen LogP contribution is -1.84. The first-order valence-electron chi connectivity index (χ1n) is 4.18. The van der Waals surface area contributed by atoms with Gasteiger partial charge in [-0.3, -0.25) is 0 Å². The van der Waals surface area contributed by atoms with Crippen molar-refractivity contribution < 1.29 is 20.1 Å². The molecule has 0 aromatic heterocycles. The average molecular weight is 206 g/mol. The minimum Gasteiger partial charge on any atom is -0.508 e. The summed E-state index contributed by atoms with van der Waals surface area (Å²) in [5.41, 5.74) is 0.586. The van der Waals surface area contributed by atoms with Gasteiger partial charge in [0.05, 0.1) is 0 Å². The van der Waals surface area contributed by atoms with Crippen molar-refractivity contribution in [1.82, 2.24) is 0 Å². The zero-order valence-corrected chi connectivity index (χ0v) is 7.79. The Balaban J connectivity index is 2.76. The van der Waals surface area contributed by atoms with Crippen molar-refractivity contribution in [2.24, 2.45) is 0 Å². The first-order valence-corrected chi connectivity index (χ1v) is 4.18. The lowest BCUT2D eigenvalue weighted by molar-refractivity contribution is -0.131. The molecule has 0 saturated carbocycles. The summed E-state index contributed by atoms with van der Waals surface area (Å²) in [6.45, 7) is 0. The van der Waals surface area contributed by atoms with Crippen molar-refractivity contribution in [2.75, 3.05) is 0 Å². The van der Waals surface area contributed by atoms with Gasteiger partial charge in [0.2, 0.25) is 0 Å². The number of benzene rings is 1. The van der Waals surface area contributed by atoms with E-state index in [0.717, 1.165) is 6.08 Å². The Kier molecular flexibility index (Phi) is 3.51. The Morgan fingerprint density at radius 2 is 1.67 bits per heavy atom. The van der Waals surface area contributed by atoms with E-state index in [1.54, 1.807) is 6.08 Å². The molecule has 0 aliphatic heterocycles. The van der Waals surface area contributed by atoms with Crippen LogP contribution in [0.3, 0.4) is 0 Å². The zero-order chi connectivity index (χ0) is 11.3. The first kappa shape index (κ1) is 10.8. The Morgan fingerprint density at radius 3 is 2.20 bits per heavy atom. The number of phenols is 2. The van der Waals surface area contributed by atoms with Gasteiger partial charge in [0, 0.05) is 12.1 Å². The second-order valence-corrected chi connectivity index (χ2v) is 2.84. The largest absolute Gasteiger partial charge is 0.508 e. The molecule has 15 heavy (non-hydrogen) atoms. The van der Waals surface area contributed by atoms with Crippen LogP contribution in [0.1, 0.15) is 5.56 Å². The predicted molar refractivity (Wildman–Crippen MR) is 55.6 cm³/mol. The van der Waals surface area contributed by atoms with Crippen LogP contribution in [-0.4, -0.2) is 21.3 Å². The number of allylic oxidation sites excluding steroid dienone is 2. The molecule has 1 aromatic rings. The summed E-state index contributed by atoms with van der Waals surface area (Å²) in [6, 6.07) is 4.11. The molecule has 0 atom stereocenters. The Labute approximate surface area is 86.4 Å². The second-order valence-electron chi connectivity index (χ2n) is 2.84. The quantitative estimate of drug-likeness (QED) is 0.520. The lowest BCUT2D eigenvalue weighted by atomic mass is 10.2. The minimum absolute atomic E-state index is 0.0446. The van der Waals surface area contributed by atoms with Gasteiger partial charge in [0.1, 0.15) is 11.5 Å². The Hall–Kier alpha value is -2.23. The maximum Gasteiger partial charge on any atom is 0.328 e. The molecule has 0 fully saturated rings. The molecule has 0 bridgehead atoms. The highest BCUT2D eigenvalue weighted by Crippen LogP contribution is 2.21. The summed E-state index contributed by atoms with van der Waals surface area (Å²) >= 11 is 0. The Morgan fingerprint density at radius 1 is 1.07 bits per heavy atom. The van der Waals surface area contributed by atoms with Crippen molar-refractivity contribution in [2.45, 2.75) is 0 Å².